The summed E-state index contributed by atoms with van der Waals surface area (Å²) in [5, 5.41) is 22.7. The number of carbonyl (C=O) groups is 1. The Morgan fingerprint density at radius 3 is 2.77 bits per heavy atom. The maximum Gasteiger partial charge on any atom is 0.293 e. The minimum absolute atomic E-state index is 0.117. The van der Waals surface area contributed by atoms with E-state index in [4.69, 9.17) is 0 Å². The van der Waals surface area contributed by atoms with Crippen molar-refractivity contribution in [3.05, 3.63) is 69.8 Å². The molecule has 0 bridgehead atoms. The van der Waals surface area contributed by atoms with Gasteiger partial charge in [0.05, 0.1) is 22.5 Å². The number of hydrogen-bond acceptors (Lipinski definition) is 6. The molecule has 10 heteroatoms. The Balaban J connectivity index is 1.74. The highest BCUT2D eigenvalue weighted by Gasteiger charge is 2.21. The maximum atomic E-state index is 12.9. The molecular weight excluding hydrogens is 386 g/mol. The van der Waals surface area contributed by atoms with Gasteiger partial charge in [0.25, 0.3) is 11.6 Å². The summed E-state index contributed by atoms with van der Waals surface area (Å²) in [7, 11) is 0. The Morgan fingerprint density at radius 1 is 1.27 bits per heavy atom. The fourth-order valence-electron chi connectivity index (χ4n) is 3.28. The summed E-state index contributed by atoms with van der Waals surface area (Å²) in [5.41, 5.74) is 3.70. The van der Waals surface area contributed by atoms with E-state index in [1.807, 2.05) is 24.7 Å². The van der Waals surface area contributed by atoms with Gasteiger partial charge in [0, 0.05) is 30.6 Å². The number of amides is 1. The highest BCUT2D eigenvalue weighted by Crippen LogP contribution is 2.27. The van der Waals surface area contributed by atoms with E-state index < -0.39 is 10.8 Å². The number of fused-ring (bicyclic) bond motifs is 1. The molecule has 0 aliphatic rings. The van der Waals surface area contributed by atoms with Crippen molar-refractivity contribution < 1.29 is 9.72 Å². The minimum Gasteiger partial charge on any atom is -0.316 e. The van der Waals surface area contributed by atoms with Crippen LogP contribution in [0.3, 0.4) is 0 Å². The van der Waals surface area contributed by atoms with Crippen LogP contribution in [-0.4, -0.2) is 35.2 Å². The summed E-state index contributed by atoms with van der Waals surface area (Å²) >= 11 is 0. The smallest absolute Gasteiger partial charge is 0.293 e. The van der Waals surface area contributed by atoms with Crippen molar-refractivity contribution in [1.82, 2.24) is 24.4 Å². The van der Waals surface area contributed by atoms with Crippen molar-refractivity contribution in [3.8, 4) is 11.3 Å². The van der Waals surface area contributed by atoms with Gasteiger partial charge < -0.3 is 5.32 Å². The van der Waals surface area contributed by atoms with Crippen molar-refractivity contribution in [2.45, 2.75) is 27.3 Å². The van der Waals surface area contributed by atoms with E-state index in [1.54, 1.807) is 29.8 Å². The van der Waals surface area contributed by atoms with Crippen LogP contribution < -0.4 is 5.32 Å². The lowest BCUT2D eigenvalue weighted by molar-refractivity contribution is -0.384. The van der Waals surface area contributed by atoms with E-state index in [-0.39, 0.29) is 16.9 Å². The molecule has 3 heterocycles. The lowest BCUT2D eigenvalue weighted by atomic mass is 10.2. The van der Waals surface area contributed by atoms with Gasteiger partial charge in [-0.2, -0.15) is 10.2 Å². The first kappa shape index (κ1) is 19.2. The summed E-state index contributed by atoms with van der Waals surface area (Å²) in [6.07, 6.45) is 4.92. The molecule has 1 aromatic carbocycles. The standard InChI is InChI=1S/C20H19N7O3/c1-4-25-11-15(13(3)24-25)17-7-8-21-19-14(10-22-26(17)19)20(28)23-16-6-5-12(2)9-18(16)27(29)30/h5-11H,4H2,1-3H3,(H,23,28). The number of aryl methyl sites for hydroxylation is 3. The second kappa shape index (κ2) is 7.39. The fraction of sp³-hybridized carbons (Fsp3) is 0.200. The van der Waals surface area contributed by atoms with Crippen LogP contribution in [0.4, 0.5) is 11.4 Å². The van der Waals surface area contributed by atoms with E-state index >= 15 is 0 Å². The van der Waals surface area contributed by atoms with E-state index in [1.165, 1.54) is 18.3 Å². The summed E-state index contributed by atoms with van der Waals surface area (Å²) in [6.45, 7) is 6.38. The maximum absolute atomic E-state index is 12.9. The third kappa shape index (κ3) is 3.28. The second-order valence-corrected chi connectivity index (χ2v) is 6.84. The van der Waals surface area contributed by atoms with Crippen molar-refractivity contribution in [1.29, 1.82) is 0 Å². The summed E-state index contributed by atoms with van der Waals surface area (Å²) in [6, 6.07) is 6.42. The van der Waals surface area contributed by atoms with Crippen molar-refractivity contribution >= 4 is 22.9 Å². The first-order valence-corrected chi connectivity index (χ1v) is 9.32. The first-order chi connectivity index (χ1) is 14.4. The number of rotatable bonds is 5. The molecule has 0 aliphatic carbocycles. The number of carbonyl (C=O) groups excluding carboxylic acids is 1. The minimum atomic E-state index is -0.525. The van der Waals surface area contributed by atoms with E-state index in [9.17, 15) is 14.9 Å². The van der Waals surface area contributed by atoms with Crippen molar-refractivity contribution in [3.63, 3.8) is 0 Å². The first-order valence-electron chi connectivity index (χ1n) is 9.32. The Labute approximate surface area is 171 Å². The summed E-state index contributed by atoms with van der Waals surface area (Å²) in [4.78, 5) is 28.0. The fourth-order valence-corrected chi connectivity index (χ4v) is 3.28. The van der Waals surface area contributed by atoms with Gasteiger partial charge in [0.15, 0.2) is 5.65 Å². The second-order valence-electron chi connectivity index (χ2n) is 6.84. The van der Waals surface area contributed by atoms with Gasteiger partial charge in [-0.15, -0.1) is 0 Å². The number of benzene rings is 1. The number of aromatic nitrogens is 5. The van der Waals surface area contributed by atoms with Crippen LogP contribution in [0.15, 0.2) is 42.9 Å². The summed E-state index contributed by atoms with van der Waals surface area (Å²) < 4.78 is 3.40. The molecule has 3 aromatic heterocycles. The average molecular weight is 405 g/mol. The molecule has 30 heavy (non-hydrogen) atoms. The lowest BCUT2D eigenvalue weighted by Gasteiger charge is -2.06. The molecule has 152 valence electrons. The zero-order chi connectivity index (χ0) is 21.4. The number of nitro benzene ring substituents is 1. The Hall–Kier alpha value is -4.08. The SMILES string of the molecule is CCn1cc(-c2ccnc3c(C(=O)Nc4ccc(C)cc4[N+](=O)[O-])cnn23)c(C)n1. The molecule has 0 fully saturated rings. The van der Waals surface area contributed by atoms with Gasteiger partial charge in [0.2, 0.25) is 0 Å². The summed E-state index contributed by atoms with van der Waals surface area (Å²) in [5.74, 6) is -0.525. The van der Waals surface area contributed by atoms with Crippen LogP contribution >= 0.6 is 0 Å². The zero-order valence-corrected chi connectivity index (χ0v) is 16.7. The number of hydrogen-bond donors (Lipinski definition) is 1. The lowest BCUT2D eigenvalue weighted by Crippen LogP contribution is -2.13. The van der Waals surface area contributed by atoms with Crippen molar-refractivity contribution in [2.75, 3.05) is 5.32 Å². The van der Waals surface area contributed by atoms with Crippen LogP contribution in [0.1, 0.15) is 28.5 Å². The Morgan fingerprint density at radius 2 is 2.07 bits per heavy atom. The predicted octanol–water partition coefficient (Wildman–Crippen LogP) is 3.39. The molecule has 4 aromatic rings. The molecule has 4 rings (SSSR count). The van der Waals surface area contributed by atoms with E-state index in [2.05, 4.69) is 20.5 Å². The molecular formula is C20H19N7O3. The molecule has 0 unspecified atom stereocenters. The molecule has 0 saturated heterocycles. The molecule has 1 amide bonds. The average Bonchev–Trinajstić information content (AvgIpc) is 3.32. The largest absolute Gasteiger partial charge is 0.316 e. The number of nitro groups is 1. The quantitative estimate of drug-likeness (QED) is 0.401. The van der Waals surface area contributed by atoms with Gasteiger partial charge in [-0.1, -0.05) is 6.07 Å². The third-order valence-electron chi connectivity index (χ3n) is 4.79. The van der Waals surface area contributed by atoms with Crippen LogP contribution in [0, 0.1) is 24.0 Å². The number of nitrogens with zero attached hydrogens (tertiary/aromatic N) is 6. The number of anilines is 1. The molecule has 0 saturated carbocycles. The highest BCUT2D eigenvalue weighted by molar-refractivity contribution is 6.09. The van der Waals surface area contributed by atoms with E-state index in [0.29, 0.717) is 5.65 Å². The van der Waals surface area contributed by atoms with Gasteiger partial charge in [-0.05, 0) is 38.5 Å². The van der Waals surface area contributed by atoms with Crippen molar-refractivity contribution in [2.24, 2.45) is 0 Å². The molecule has 0 atom stereocenters. The topological polar surface area (TPSA) is 120 Å². The van der Waals surface area contributed by atoms with Gasteiger partial charge in [-0.25, -0.2) is 9.50 Å². The molecule has 10 nitrogen and oxygen atoms in total. The molecule has 0 aliphatic heterocycles. The van der Waals surface area contributed by atoms with Gasteiger partial charge in [-0.3, -0.25) is 19.6 Å². The third-order valence-corrected chi connectivity index (χ3v) is 4.79. The Bertz CT molecular complexity index is 1290. The van der Waals surface area contributed by atoms with Crippen LogP contribution in [0.5, 0.6) is 0 Å². The predicted molar refractivity (Wildman–Crippen MR) is 110 cm³/mol. The van der Waals surface area contributed by atoms with Gasteiger partial charge >= 0.3 is 0 Å². The molecule has 0 radical (unpaired) electrons. The Kier molecular flexibility index (Phi) is 4.74. The van der Waals surface area contributed by atoms with Crippen LogP contribution in [0.2, 0.25) is 0 Å². The zero-order valence-electron chi connectivity index (χ0n) is 16.7. The normalized spacial score (nSPS) is 11.0. The molecule has 1 N–H and O–H groups in total. The van der Waals surface area contributed by atoms with E-state index in [0.717, 1.165) is 29.1 Å². The van der Waals surface area contributed by atoms with Crippen LogP contribution in [-0.2, 0) is 6.54 Å². The highest BCUT2D eigenvalue weighted by atomic mass is 16.6. The molecule has 0 spiro atoms. The van der Waals surface area contributed by atoms with Gasteiger partial charge in [0.1, 0.15) is 11.3 Å². The number of nitrogens with one attached hydrogen (secondary N) is 1. The monoisotopic (exact) mass is 405 g/mol. The van der Waals surface area contributed by atoms with Crippen LogP contribution in [0.25, 0.3) is 16.9 Å².